The Hall–Kier alpha value is -3.28. The molecule has 4 aromatic rings. The Morgan fingerprint density at radius 1 is 1.24 bits per heavy atom. The Labute approximate surface area is 193 Å². The van der Waals surface area contributed by atoms with Crippen LogP contribution in [-0.4, -0.2) is 39.5 Å². The van der Waals surface area contributed by atoms with Gasteiger partial charge in [0.2, 0.25) is 0 Å². The molecule has 0 saturated carbocycles. The minimum Gasteiger partial charge on any atom is -0.768 e. The van der Waals surface area contributed by atoms with Crippen molar-refractivity contribution in [3.8, 4) is 11.3 Å². The van der Waals surface area contributed by atoms with E-state index in [0.29, 0.717) is 35.0 Å². The van der Waals surface area contributed by atoms with Crippen LogP contribution in [0.3, 0.4) is 0 Å². The summed E-state index contributed by atoms with van der Waals surface area (Å²) in [5.74, 6) is 1.07. The van der Waals surface area contributed by atoms with Gasteiger partial charge in [-0.05, 0) is 49.4 Å². The van der Waals surface area contributed by atoms with Crippen LogP contribution in [0, 0.1) is 6.92 Å². The zero-order valence-electron chi connectivity index (χ0n) is 18.3. The molecule has 172 valence electrons. The second-order valence-electron chi connectivity index (χ2n) is 8.08. The molecule has 3 aromatic heterocycles. The van der Waals surface area contributed by atoms with E-state index >= 15 is 0 Å². The van der Waals surface area contributed by atoms with E-state index in [1.165, 1.54) is 0 Å². The van der Waals surface area contributed by atoms with E-state index < -0.39 is 11.1 Å². The van der Waals surface area contributed by atoms with Gasteiger partial charge in [-0.3, -0.25) is 8.78 Å². The number of anilines is 3. The fourth-order valence-corrected chi connectivity index (χ4v) is 4.78. The number of aryl methyl sites for hydroxylation is 2. The number of hydrogen-bond acceptors (Lipinski definition) is 8. The summed E-state index contributed by atoms with van der Waals surface area (Å²) in [6.45, 7) is 2.60. The maximum absolute atomic E-state index is 12.1. The Balaban J connectivity index is 1.58. The fraction of sp³-hybridized carbons (Fsp3) is 0.318. The molecule has 1 aliphatic heterocycles. The Kier molecular flexibility index (Phi) is 5.60. The number of nitrogen functional groups attached to an aromatic ring is 1. The van der Waals surface area contributed by atoms with Crippen LogP contribution in [-0.2, 0) is 22.9 Å². The van der Waals surface area contributed by atoms with Crippen LogP contribution in [0.2, 0.25) is 0 Å². The minimum atomic E-state index is -2.47. The van der Waals surface area contributed by atoms with Gasteiger partial charge in [-0.15, -0.1) is 0 Å². The molecule has 11 heteroatoms. The summed E-state index contributed by atoms with van der Waals surface area (Å²) in [7, 11) is 1.85. The summed E-state index contributed by atoms with van der Waals surface area (Å²) in [6.07, 6.45) is 6.19. The van der Waals surface area contributed by atoms with Crippen molar-refractivity contribution < 1.29 is 13.5 Å². The molecule has 2 atom stereocenters. The van der Waals surface area contributed by atoms with Gasteiger partial charge in [0.25, 0.3) is 0 Å². The molecule has 0 spiro atoms. The normalized spacial score (nSPS) is 17.4. The molecule has 1 fully saturated rings. The number of benzene rings is 1. The number of hydrogen-bond donors (Lipinski definition) is 2. The zero-order chi connectivity index (χ0) is 23.1. The molecule has 0 amide bonds. The van der Waals surface area contributed by atoms with E-state index in [1.54, 1.807) is 30.7 Å². The first kappa shape index (κ1) is 21.6. The van der Waals surface area contributed by atoms with Gasteiger partial charge in [0, 0.05) is 30.2 Å². The predicted octanol–water partition coefficient (Wildman–Crippen LogP) is 3.40. The van der Waals surface area contributed by atoms with Gasteiger partial charge in [0.1, 0.15) is 23.4 Å². The highest BCUT2D eigenvalue weighted by Gasteiger charge is 2.23. The molecule has 10 nitrogen and oxygen atoms in total. The zero-order valence-corrected chi connectivity index (χ0v) is 19.1. The van der Waals surface area contributed by atoms with Gasteiger partial charge < -0.3 is 24.9 Å². The first-order valence-corrected chi connectivity index (χ1v) is 11.7. The number of nitrogens with two attached hydrogens (primary N) is 1. The molecule has 33 heavy (non-hydrogen) atoms. The van der Waals surface area contributed by atoms with Crippen molar-refractivity contribution >= 4 is 39.4 Å². The molecular formula is C22H24N7O3S-. The third kappa shape index (κ3) is 3.99. The molecule has 3 N–H and O–H groups in total. The van der Waals surface area contributed by atoms with Crippen LogP contribution in [0.15, 0.2) is 41.7 Å². The van der Waals surface area contributed by atoms with Gasteiger partial charge in [0.15, 0.2) is 5.65 Å². The van der Waals surface area contributed by atoms with Crippen LogP contribution >= 0.6 is 0 Å². The summed E-state index contributed by atoms with van der Waals surface area (Å²) in [4.78, 5) is 13.5. The predicted molar refractivity (Wildman–Crippen MR) is 125 cm³/mol. The first-order chi connectivity index (χ1) is 15.9. The Morgan fingerprint density at radius 2 is 2.09 bits per heavy atom. The Bertz CT molecular complexity index is 1360. The molecule has 1 aliphatic rings. The summed E-state index contributed by atoms with van der Waals surface area (Å²) >= 11 is -2.47. The lowest BCUT2D eigenvalue weighted by molar-refractivity contribution is -0.0308. The van der Waals surface area contributed by atoms with E-state index in [4.69, 9.17) is 15.5 Å². The lowest BCUT2D eigenvalue weighted by Gasteiger charge is -2.25. The number of nitrogens with one attached hydrogen (secondary N) is 1. The molecule has 0 aliphatic carbocycles. The van der Waals surface area contributed by atoms with E-state index in [2.05, 4.69) is 15.3 Å². The Morgan fingerprint density at radius 3 is 2.79 bits per heavy atom. The van der Waals surface area contributed by atoms with Crippen molar-refractivity contribution in [2.75, 3.05) is 17.7 Å². The average molecular weight is 467 g/mol. The van der Waals surface area contributed by atoms with Crippen LogP contribution in [0.4, 0.5) is 17.2 Å². The fourth-order valence-electron chi connectivity index (χ4n) is 4.26. The molecule has 0 radical (unpaired) electrons. The summed E-state index contributed by atoms with van der Waals surface area (Å²) in [6, 6.07) is 6.85. The third-order valence-corrected chi connectivity index (χ3v) is 6.53. The molecule has 4 heterocycles. The minimum absolute atomic E-state index is 0.129. The number of imidazole rings is 2. The van der Waals surface area contributed by atoms with E-state index in [9.17, 15) is 8.76 Å². The number of pyridine rings is 1. The highest BCUT2D eigenvalue weighted by Crippen LogP contribution is 2.35. The van der Waals surface area contributed by atoms with Crippen molar-refractivity contribution in [2.45, 2.75) is 37.3 Å². The second-order valence-corrected chi connectivity index (χ2v) is 8.99. The molecule has 1 aromatic carbocycles. The number of ether oxygens (including phenoxy) is 1. The lowest BCUT2D eigenvalue weighted by atomic mass is 10.1. The van der Waals surface area contributed by atoms with Crippen LogP contribution in [0.25, 0.3) is 22.4 Å². The van der Waals surface area contributed by atoms with Gasteiger partial charge in [-0.2, -0.15) is 0 Å². The highest BCUT2D eigenvalue weighted by atomic mass is 32.2. The summed E-state index contributed by atoms with van der Waals surface area (Å²) in [5, 5.41) is 3.22. The highest BCUT2D eigenvalue weighted by molar-refractivity contribution is 7.79. The van der Waals surface area contributed by atoms with Gasteiger partial charge in [0.05, 0.1) is 29.6 Å². The standard InChI is InChI=1S/C22H25N7O3S/c1-13-25-21-16(10-19(23)27-22(21)29(13)20-5-3-4-8-32-20)26-15-7-6-14(9-18(15)33(30)31)17-11-24-12-28(17)2/h6-7,9-12,20H,3-5,8H2,1-2H3,(H,30,31)(H3,23,26,27)/p-1. The number of aromatic nitrogens is 5. The van der Waals surface area contributed by atoms with Crippen LogP contribution in [0.5, 0.6) is 0 Å². The average Bonchev–Trinajstić information content (AvgIpc) is 3.37. The van der Waals surface area contributed by atoms with E-state index in [1.807, 2.05) is 29.2 Å². The lowest BCUT2D eigenvalue weighted by Crippen LogP contribution is -2.19. The van der Waals surface area contributed by atoms with Crippen molar-refractivity contribution in [3.05, 3.63) is 42.6 Å². The van der Waals surface area contributed by atoms with E-state index in [0.717, 1.165) is 36.3 Å². The topological polar surface area (TPSA) is 136 Å². The van der Waals surface area contributed by atoms with Crippen molar-refractivity contribution in [1.29, 1.82) is 0 Å². The molecule has 2 unspecified atom stereocenters. The van der Waals surface area contributed by atoms with Crippen molar-refractivity contribution in [2.24, 2.45) is 7.05 Å². The quantitative estimate of drug-likeness (QED) is 0.427. The van der Waals surface area contributed by atoms with E-state index in [-0.39, 0.29) is 11.1 Å². The van der Waals surface area contributed by atoms with Crippen LogP contribution in [0.1, 0.15) is 31.3 Å². The van der Waals surface area contributed by atoms with Crippen molar-refractivity contribution in [3.63, 3.8) is 0 Å². The summed E-state index contributed by atoms with van der Waals surface area (Å²) in [5.41, 5.74) is 9.89. The van der Waals surface area contributed by atoms with Gasteiger partial charge in [-0.1, -0.05) is 6.07 Å². The maximum atomic E-state index is 12.1. The SMILES string of the molecule is Cc1nc2c(Nc3ccc(-c4cncn4C)cc3S(=O)[O-])cc(N)nc2n1C1CCCCO1. The van der Waals surface area contributed by atoms with Gasteiger partial charge in [-0.25, -0.2) is 15.0 Å². The third-order valence-electron chi connectivity index (χ3n) is 5.83. The molecular weight excluding hydrogens is 442 g/mol. The largest absolute Gasteiger partial charge is 0.768 e. The smallest absolute Gasteiger partial charge is 0.166 e. The summed E-state index contributed by atoms with van der Waals surface area (Å²) < 4.78 is 33.9. The number of fused-ring (bicyclic) bond motifs is 1. The van der Waals surface area contributed by atoms with Crippen molar-refractivity contribution in [1.82, 2.24) is 24.1 Å². The molecule has 0 bridgehead atoms. The monoisotopic (exact) mass is 466 g/mol. The number of nitrogens with zero attached hydrogens (tertiary/aromatic N) is 5. The van der Waals surface area contributed by atoms with Gasteiger partial charge >= 0.3 is 0 Å². The van der Waals surface area contributed by atoms with Crippen LogP contribution < -0.4 is 11.1 Å². The first-order valence-electron chi connectivity index (χ1n) is 10.7. The molecule has 1 saturated heterocycles. The number of rotatable bonds is 5. The molecule has 5 rings (SSSR count). The second kappa shape index (κ2) is 8.58. The maximum Gasteiger partial charge on any atom is 0.166 e.